The Balaban J connectivity index is 1.80. The van der Waals surface area contributed by atoms with Gasteiger partial charge in [0.25, 0.3) is 5.91 Å². The number of hydrogen-bond acceptors (Lipinski definition) is 4. The molecule has 1 aliphatic carbocycles. The second-order valence-electron chi connectivity index (χ2n) is 9.96. The lowest BCUT2D eigenvalue weighted by Crippen LogP contribution is -2.60. The Morgan fingerprint density at radius 3 is 2.24 bits per heavy atom. The van der Waals surface area contributed by atoms with Crippen LogP contribution >= 0.6 is 0 Å². The number of fused-ring (bicyclic) bond motifs is 1. The second-order valence-corrected chi connectivity index (χ2v) is 9.96. The number of ether oxygens (including phenoxy) is 1. The number of aryl methyl sites for hydroxylation is 1. The van der Waals surface area contributed by atoms with Crippen molar-refractivity contribution in [2.24, 2.45) is 5.41 Å². The molecule has 0 aliphatic heterocycles. The Bertz CT molecular complexity index is 961. The van der Waals surface area contributed by atoms with Crippen LogP contribution in [0.1, 0.15) is 52.2 Å². The van der Waals surface area contributed by atoms with Crippen LogP contribution in [-0.4, -0.2) is 37.2 Å². The monoisotopic (exact) mass is 451 g/mol. The van der Waals surface area contributed by atoms with Gasteiger partial charge in [-0.05, 0) is 67.5 Å². The molecule has 2 aromatic carbocycles. The molecule has 0 bridgehead atoms. The van der Waals surface area contributed by atoms with Crippen LogP contribution in [0.5, 0.6) is 0 Å². The Kier molecular flexibility index (Phi) is 7.67. The summed E-state index contributed by atoms with van der Waals surface area (Å²) < 4.78 is 5.45. The van der Waals surface area contributed by atoms with E-state index in [-0.39, 0.29) is 17.9 Å². The van der Waals surface area contributed by atoms with Crippen molar-refractivity contribution in [3.05, 3.63) is 59.7 Å². The van der Waals surface area contributed by atoms with Crippen LogP contribution in [-0.2, 0) is 22.4 Å². The summed E-state index contributed by atoms with van der Waals surface area (Å²) in [4.78, 5) is 28.5. The highest BCUT2D eigenvalue weighted by Gasteiger charge is 2.43. The van der Waals surface area contributed by atoms with Gasteiger partial charge in [0.15, 0.2) is 0 Å². The van der Waals surface area contributed by atoms with Gasteiger partial charge in [-0.3, -0.25) is 4.79 Å². The molecule has 1 atom stereocenters. The highest BCUT2D eigenvalue weighted by Crippen LogP contribution is 2.31. The van der Waals surface area contributed by atoms with E-state index in [4.69, 9.17) is 4.74 Å². The molecule has 0 heterocycles. The van der Waals surface area contributed by atoms with Crippen molar-refractivity contribution in [3.63, 3.8) is 0 Å². The van der Waals surface area contributed by atoms with Crippen molar-refractivity contribution >= 4 is 23.4 Å². The van der Waals surface area contributed by atoms with E-state index in [9.17, 15) is 9.59 Å². The Labute approximate surface area is 197 Å². The van der Waals surface area contributed by atoms with E-state index in [0.717, 1.165) is 24.3 Å². The predicted octanol–water partition coefficient (Wildman–Crippen LogP) is 5.17. The van der Waals surface area contributed by atoms with Crippen molar-refractivity contribution < 1.29 is 14.3 Å². The van der Waals surface area contributed by atoms with Gasteiger partial charge in [-0.25, -0.2) is 4.79 Å². The number of anilines is 2. The average Bonchev–Trinajstić information content (AvgIpc) is 2.79. The maximum atomic E-state index is 13.6. The second kappa shape index (κ2) is 10.3. The maximum absolute atomic E-state index is 13.6. The van der Waals surface area contributed by atoms with E-state index in [1.165, 1.54) is 5.56 Å². The standard InChI is InChI=1S/C27H37N3O3/c1-6-30(7-2)23-14-12-22(13-15-23)28-24(31)27(29-25(32)33-19-26(3,4)5)17-16-20-10-8-9-11-21(20)18-27/h8-15H,6-7,16-19H2,1-5H3,(H,28,31)(H,29,32). The summed E-state index contributed by atoms with van der Waals surface area (Å²) in [6.45, 7) is 12.4. The number of carbonyl (C=O) groups is 2. The fourth-order valence-electron chi connectivity index (χ4n) is 4.20. The quantitative estimate of drug-likeness (QED) is 0.609. The molecule has 1 aliphatic rings. The first kappa shape index (κ1) is 24.6. The molecule has 1 unspecified atom stereocenters. The van der Waals surface area contributed by atoms with Crippen molar-refractivity contribution in [1.29, 1.82) is 0 Å². The summed E-state index contributed by atoms with van der Waals surface area (Å²) in [5.74, 6) is -0.222. The number of amides is 2. The lowest BCUT2D eigenvalue weighted by atomic mass is 9.77. The summed E-state index contributed by atoms with van der Waals surface area (Å²) in [5.41, 5.74) is 2.89. The number of carbonyl (C=O) groups excluding carboxylic acids is 2. The summed E-state index contributed by atoms with van der Waals surface area (Å²) in [6, 6.07) is 15.9. The average molecular weight is 452 g/mol. The van der Waals surface area contributed by atoms with Crippen molar-refractivity contribution in [2.45, 2.75) is 59.4 Å². The molecule has 33 heavy (non-hydrogen) atoms. The first-order valence-electron chi connectivity index (χ1n) is 11.8. The number of hydrogen-bond donors (Lipinski definition) is 2. The van der Waals surface area contributed by atoms with E-state index < -0.39 is 11.6 Å². The summed E-state index contributed by atoms with van der Waals surface area (Å²) in [5, 5.41) is 5.97. The van der Waals surface area contributed by atoms with Gasteiger partial charge in [0.1, 0.15) is 5.54 Å². The summed E-state index contributed by atoms with van der Waals surface area (Å²) >= 11 is 0. The number of nitrogens with one attached hydrogen (secondary N) is 2. The number of rotatable bonds is 7. The van der Waals surface area contributed by atoms with Crippen molar-refractivity contribution in [2.75, 3.05) is 29.9 Å². The zero-order chi connectivity index (χ0) is 24.1. The van der Waals surface area contributed by atoms with Crippen molar-refractivity contribution in [3.8, 4) is 0 Å². The zero-order valence-corrected chi connectivity index (χ0v) is 20.5. The molecule has 0 radical (unpaired) electrons. The molecule has 2 aromatic rings. The first-order valence-corrected chi connectivity index (χ1v) is 11.8. The predicted molar refractivity (Wildman–Crippen MR) is 134 cm³/mol. The molecule has 0 spiro atoms. The summed E-state index contributed by atoms with van der Waals surface area (Å²) in [6.07, 6.45) is 1.09. The Morgan fingerprint density at radius 1 is 1.00 bits per heavy atom. The number of nitrogens with zero attached hydrogens (tertiary/aromatic N) is 1. The molecule has 3 rings (SSSR count). The molecule has 2 amide bonds. The minimum atomic E-state index is -1.07. The van der Waals surface area contributed by atoms with Crippen LogP contribution in [0.25, 0.3) is 0 Å². The van der Waals surface area contributed by atoms with Crippen LogP contribution < -0.4 is 15.5 Å². The lowest BCUT2D eigenvalue weighted by Gasteiger charge is -2.37. The largest absolute Gasteiger partial charge is 0.449 e. The van der Waals surface area contributed by atoms with Gasteiger partial charge in [0.2, 0.25) is 0 Å². The van der Waals surface area contributed by atoms with E-state index in [0.29, 0.717) is 24.9 Å². The van der Waals surface area contributed by atoms with E-state index >= 15 is 0 Å². The Morgan fingerprint density at radius 2 is 1.64 bits per heavy atom. The van der Waals surface area contributed by atoms with Gasteiger partial charge >= 0.3 is 6.09 Å². The van der Waals surface area contributed by atoms with Crippen LogP contribution in [0.2, 0.25) is 0 Å². The molecule has 6 nitrogen and oxygen atoms in total. The van der Waals surface area contributed by atoms with Crippen LogP contribution in [0.3, 0.4) is 0 Å². The molecule has 0 fully saturated rings. The van der Waals surface area contributed by atoms with E-state index in [1.807, 2.05) is 63.2 Å². The number of alkyl carbamates (subject to hydrolysis) is 1. The molecule has 0 saturated heterocycles. The molecule has 178 valence electrons. The van der Waals surface area contributed by atoms with Crippen molar-refractivity contribution in [1.82, 2.24) is 5.32 Å². The number of benzene rings is 2. The molecular weight excluding hydrogens is 414 g/mol. The van der Waals surface area contributed by atoms with Gasteiger partial charge in [-0.15, -0.1) is 0 Å². The normalized spacial score (nSPS) is 17.6. The van der Waals surface area contributed by atoms with E-state index in [1.54, 1.807) is 0 Å². The van der Waals surface area contributed by atoms with Crippen LogP contribution in [0, 0.1) is 5.41 Å². The van der Waals surface area contributed by atoms with Gasteiger partial charge in [0.05, 0.1) is 6.61 Å². The molecule has 0 aromatic heterocycles. The van der Waals surface area contributed by atoms with Crippen LogP contribution in [0.4, 0.5) is 16.2 Å². The maximum Gasteiger partial charge on any atom is 0.408 e. The highest BCUT2D eigenvalue weighted by atomic mass is 16.5. The van der Waals surface area contributed by atoms with Gasteiger partial charge in [-0.1, -0.05) is 45.0 Å². The molecular formula is C27H37N3O3. The third-order valence-corrected chi connectivity index (χ3v) is 6.10. The minimum absolute atomic E-state index is 0.154. The summed E-state index contributed by atoms with van der Waals surface area (Å²) in [7, 11) is 0. The lowest BCUT2D eigenvalue weighted by molar-refractivity contribution is -0.122. The van der Waals surface area contributed by atoms with Gasteiger partial charge in [-0.2, -0.15) is 0 Å². The smallest absolute Gasteiger partial charge is 0.408 e. The molecule has 0 saturated carbocycles. The zero-order valence-electron chi connectivity index (χ0n) is 20.5. The van der Waals surface area contributed by atoms with E-state index in [2.05, 4.69) is 35.4 Å². The fourth-order valence-corrected chi connectivity index (χ4v) is 4.20. The SMILES string of the molecule is CCN(CC)c1ccc(NC(=O)C2(NC(=O)OCC(C)(C)C)CCc3ccccc3C2)cc1. The molecule has 6 heteroatoms. The minimum Gasteiger partial charge on any atom is -0.449 e. The topological polar surface area (TPSA) is 70.7 Å². The Hall–Kier alpha value is -3.02. The first-order chi connectivity index (χ1) is 15.7. The van der Waals surface area contributed by atoms with Gasteiger partial charge < -0.3 is 20.3 Å². The third-order valence-electron chi connectivity index (χ3n) is 6.10. The third kappa shape index (κ3) is 6.28. The molecule has 2 N–H and O–H groups in total. The van der Waals surface area contributed by atoms with Gasteiger partial charge in [0, 0.05) is 30.9 Å². The fraction of sp³-hybridized carbons (Fsp3) is 0.481. The highest BCUT2D eigenvalue weighted by molar-refractivity contribution is 6.00. The van der Waals surface area contributed by atoms with Crippen LogP contribution in [0.15, 0.2) is 48.5 Å².